The van der Waals surface area contributed by atoms with E-state index in [0.717, 1.165) is 11.1 Å². The normalized spacial score (nSPS) is 16.8. The molecular formula is C27H29N3O9. The lowest BCUT2D eigenvalue weighted by Crippen LogP contribution is -2.33. The highest BCUT2D eigenvalue weighted by Crippen LogP contribution is 2.25. The van der Waals surface area contributed by atoms with Crippen LogP contribution in [0.4, 0.5) is 9.59 Å². The van der Waals surface area contributed by atoms with E-state index < -0.39 is 42.4 Å². The van der Waals surface area contributed by atoms with Gasteiger partial charge in [-0.2, -0.15) is 0 Å². The van der Waals surface area contributed by atoms with Crippen LogP contribution in [0.25, 0.3) is 11.1 Å². The molecule has 1 aliphatic heterocycles. The van der Waals surface area contributed by atoms with Crippen molar-refractivity contribution in [2.45, 2.75) is 39.0 Å². The van der Waals surface area contributed by atoms with E-state index in [9.17, 15) is 24.0 Å². The van der Waals surface area contributed by atoms with Crippen LogP contribution in [-0.2, 0) is 28.5 Å². The Balaban J connectivity index is 1.55. The quantitative estimate of drug-likeness (QED) is 0.108. The molecule has 1 unspecified atom stereocenters. The number of amidine groups is 1. The van der Waals surface area contributed by atoms with E-state index >= 15 is 0 Å². The van der Waals surface area contributed by atoms with Gasteiger partial charge < -0.3 is 24.3 Å². The lowest BCUT2D eigenvalue weighted by molar-refractivity contribution is -0.169. The van der Waals surface area contributed by atoms with Crippen LogP contribution in [0.2, 0.25) is 0 Å². The highest BCUT2D eigenvalue weighted by molar-refractivity contribution is 6.05. The van der Waals surface area contributed by atoms with Crippen molar-refractivity contribution >= 4 is 35.7 Å². The summed E-state index contributed by atoms with van der Waals surface area (Å²) < 4.78 is 18.8. The second-order valence-corrected chi connectivity index (χ2v) is 8.57. The van der Waals surface area contributed by atoms with Gasteiger partial charge in [0.1, 0.15) is 5.84 Å². The number of ketones is 1. The van der Waals surface area contributed by atoms with Crippen molar-refractivity contribution in [1.82, 2.24) is 10.6 Å². The van der Waals surface area contributed by atoms with Crippen molar-refractivity contribution in [3.05, 3.63) is 59.7 Å². The third-order valence-electron chi connectivity index (χ3n) is 5.85. The monoisotopic (exact) mass is 539 g/mol. The second kappa shape index (κ2) is 13.2. The van der Waals surface area contributed by atoms with Gasteiger partial charge in [0.05, 0.1) is 32.1 Å². The molecule has 0 aliphatic carbocycles. The third kappa shape index (κ3) is 7.87. The molecule has 0 radical (unpaired) electrons. The fourth-order valence-corrected chi connectivity index (χ4v) is 3.92. The summed E-state index contributed by atoms with van der Waals surface area (Å²) in [5.74, 6) is -2.33. The summed E-state index contributed by atoms with van der Waals surface area (Å²) in [6.07, 6.45) is -3.04. The fourth-order valence-electron chi connectivity index (χ4n) is 3.92. The Bertz CT molecular complexity index is 1240. The third-order valence-corrected chi connectivity index (χ3v) is 5.85. The molecule has 12 heteroatoms. The van der Waals surface area contributed by atoms with Crippen LogP contribution in [0.5, 0.6) is 0 Å². The molecule has 1 heterocycles. The molecule has 2 aromatic carbocycles. The standard InChI is InChI=1S/C27H29N3O9/c1-4-37-27(35)39-15(2)38-22(31)14-20-13-21(29-25(20)33)23(32)18-9-5-16(6-10-18)17-7-11-19(12-8-17)24(28)30-26(34)36-3/h5-12,15,20-21H,4,13-14H2,1-3H3,(H,29,33)(H2,28,30,34)/t15?,20-,21-/m0/s1. The van der Waals surface area contributed by atoms with Crippen LogP contribution in [0.3, 0.4) is 0 Å². The molecule has 3 atom stereocenters. The topological polar surface area (TPSA) is 170 Å². The summed E-state index contributed by atoms with van der Waals surface area (Å²) in [5.41, 5.74) is 2.54. The van der Waals surface area contributed by atoms with Gasteiger partial charge in [-0.15, -0.1) is 0 Å². The Kier molecular flexibility index (Phi) is 9.74. The summed E-state index contributed by atoms with van der Waals surface area (Å²) >= 11 is 0. The first-order chi connectivity index (χ1) is 18.6. The molecule has 1 aliphatic rings. The molecule has 3 rings (SSSR count). The molecule has 2 aromatic rings. The average molecular weight is 540 g/mol. The summed E-state index contributed by atoms with van der Waals surface area (Å²) in [7, 11) is 1.21. The predicted octanol–water partition coefficient (Wildman–Crippen LogP) is 3.17. The minimum Gasteiger partial charge on any atom is -0.453 e. The minimum absolute atomic E-state index is 0.0981. The van der Waals surface area contributed by atoms with Gasteiger partial charge in [0.2, 0.25) is 12.2 Å². The molecule has 3 N–H and O–H groups in total. The molecule has 12 nitrogen and oxygen atoms in total. The molecule has 0 spiro atoms. The number of alkyl carbamates (subject to hydrolysis) is 1. The Labute approximate surface area is 224 Å². The van der Waals surface area contributed by atoms with Crippen LogP contribution in [0.1, 0.15) is 42.6 Å². The van der Waals surface area contributed by atoms with E-state index in [1.54, 1.807) is 55.5 Å². The highest BCUT2D eigenvalue weighted by Gasteiger charge is 2.38. The molecule has 0 saturated carbocycles. The Morgan fingerprint density at radius 3 is 2.15 bits per heavy atom. The number of hydrogen-bond acceptors (Lipinski definition) is 10. The van der Waals surface area contributed by atoms with E-state index in [0.29, 0.717) is 11.1 Å². The number of nitrogens with one attached hydrogen (secondary N) is 3. The summed E-state index contributed by atoms with van der Waals surface area (Å²) in [6.45, 7) is 3.06. The van der Waals surface area contributed by atoms with Crippen LogP contribution in [-0.4, -0.2) is 61.8 Å². The molecule has 1 fully saturated rings. The fraction of sp³-hybridized carbons (Fsp3) is 0.333. The smallest absolute Gasteiger partial charge is 0.453 e. The van der Waals surface area contributed by atoms with Gasteiger partial charge in [-0.25, -0.2) is 9.59 Å². The van der Waals surface area contributed by atoms with E-state index in [1.165, 1.54) is 14.0 Å². The zero-order valence-corrected chi connectivity index (χ0v) is 21.6. The molecule has 206 valence electrons. The SMILES string of the molecule is CCOC(=O)OC(C)OC(=O)C[C@@H]1C[C@@H](C(=O)c2ccc(-c3ccc(C(=N)NC(=O)OC)cc3)cc2)NC1=O. The zero-order chi connectivity index (χ0) is 28.5. The lowest BCUT2D eigenvalue weighted by atomic mass is 9.95. The largest absolute Gasteiger partial charge is 0.511 e. The lowest BCUT2D eigenvalue weighted by Gasteiger charge is -2.14. The second-order valence-electron chi connectivity index (χ2n) is 8.57. The van der Waals surface area contributed by atoms with E-state index in [4.69, 9.17) is 14.9 Å². The van der Waals surface area contributed by atoms with Crippen molar-refractivity contribution in [3.8, 4) is 11.1 Å². The number of Topliss-reactive ketones (excluding diaryl/α,β-unsaturated/α-hetero) is 1. The molecule has 0 aromatic heterocycles. The number of amides is 2. The first-order valence-corrected chi connectivity index (χ1v) is 12.1. The number of methoxy groups -OCH3 is 1. The highest BCUT2D eigenvalue weighted by atomic mass is 16.8. The van der Waals surface area contributed by atoms with Gasteiger partial charge in [-0.05, 0) is 24.5 Å². The van der Waals surface area contributed by atoms with Crippen molar-refractivity contribution in [2.75, 3.05) is 13.7 Å². The van der Waals surface area contributed by atoms with Crippen LogP contribution in [0, 0.1) is 11.3 Å². The number of esters is 1. The van der Waals surface area contributed by atoms with Gasteiger partial charge in [-0.3, -0.25) is 25.1 Å². The average Bonchev–Trinajstić information content (AvgIpc) is 3.27. The minimum atomic E-state index is -1.18. The van der Waals surface area contributed by atoms with Crippen molar-refractivity contribution in [2.24, 2.45) is 5.92 Å². The number of hydrogen-bond donors (Lipinski definition) is 3. The van der Waals surface area contributed by atoms with E-state index in [2.05, 4.69) is 20.1 Å². The maximum absolute atomic E-state index is 13.0. The Morgan fingerprint density at radius 2 is 1.59 bits per heavy atom. The van der Waals surface area contributed by atoms with Crippen molar-refractivity contribution in [1.29, 1.82) is 5.41 Å². The molecule has 0 bridgehead atoms. The van der Waals surface area contributed by atoms with Gasteiger partial charge in [-0.1, -0.05) is 48.5 Å². The Hall–Kier alpha value is -4.74. The van der Waals surface area contributed by atoms with Crippen LogP contribution in [0.15, 0.2) is 48.5 Å². The molecule has 2 amide bonds. The number of carbonyl (C=O) groups is 5. The van der Waals surface area contributed by atoms with Crippen molar-refractivity contribution < 1.29 is 42.9 Å². The Morgan fingerprint density at radius 1 is 1.00 bits per heavy atom. The maximum atomic E-state index is 13.0. The van der Waals surface area contributed by atoms with Crippen LogP contribution < -0.4 is 10.6 Å². The number of benzene rings is 2. The number of carbonyl (C=O) groups excluding carboxylic acids is 5. The molecule has 1 saturated heterocycles. The number of rotatable bonds is 9. The summed E-state index contributed by atoms with van der Waals surface area (Å²) in [5, 5.41) is 12.8. The van der Waals surface area contributed by atoms with Gasteiger partial charge in [0.25, 0.3) is 0 Å². The van der Waals surface area contributed by atoms with Crippen molar-refractivity contribution in [3.63, 3.8) is 0 Å². The van der Waals surface area contributed by atoms with Crippen LogP contribution >= 0.6 is 0 Å². The zero-order valence-electron chi connectivity index (χ0n) is 21.6. The first-order valence-electron chi connectivity index (χ1n) is 12.1. The molecular weight excluding hydrogens is 510 g/mol. The summed E-state index contributed by atoms with van der Waals surface area (Å²) in [4.78, 5) is 60.1. The van der Waals surface area contributed by atoms with E-state index in [1.807, 2.05) is 0 Å². The molecule has 39 heavy (non-hydrogen) atoms. The summed E-state index contributed by atoms with van der Waals surface area (Å²) in [6, 6.07) is 12.9. The first kappa shape index (κ1) is 28.8. The van der Waals surface area contributed by atoms with Gasteiger partial charge >= 0.3 is 18.2 Å². The van der Waals surface area contributed by atoms with Gasteiger partial charge in [0, 0.05) is 18.1 Å². The van der Waals surface area contributed by atoms with Gasteiger partial charge in [0.15, 0.2) is 5.78 Å². The maximum Gasteiger partial charge on any atom is 0.511 e. The van der Waals surface area contributed by atoms with E-state index in [-0.39, 0.29) is 31.1 Å². The predicted molar refractivity (Wildman–Crippen MR) is 137 cm³/mol. The number of ether oxygens (including phenoxy) is 4.